The number of ether oxygens (including phenoxy) is 1. The lowest BCUT2D eigenvalue weighted by Crippen LogP contribution is -2.64. The van der Waals surface area contributed by atoms with Gasteiger partial charge in [-0.2, -0.15) is 0 Å². The Morgan fingerprint density at radius 2 is 1.88 bits per heavy atom. The standard InChI is InChI=1S/C27H41BN2O4/c1-17-12-18-13-22-21(14-19(16-29-22)28-33-25(5,6)26(7,8)34-28)27(15-17)20(18)10-9-11-30(27)23(31)32-24(2,3)4/h14,16-18,20H,9-13,15H2,1-8H3/t17-,18+,20-,27-/m1/s1. The number of fused-ring (bicyclic) bond motifs is 1. The Balaban J connectivity index is 1.61. The van der Waals surface area contributed by atoms with Gasteiger partial charge in [-0.1, -0.05) is 13.0 Å². The van der Waals surface area contributed by atoms with Crippen LogP contribution in [0.1, 0.15) is 92.3 Å². The van der Waals surface area contributed by atoms with Crippen molar-refractivity contribution < 1.29 is 18.8 Å². The van der Waals surface area contributed by atoms with Gasteiger partial charge in [-0.15, -0.1) is 0 Å². The van der Waals surface area contributed by atoms with Gasteiger partial charge >= 0.3 is 13.2 Å². The molecule has 0 N–H and O–H groups in total. The first-order chi connectivity index (χ1) is 15.7. The lowest BCUT2D eigenvalue weighted by molar-refractivity contribution is -0.0933. The number of rotatable bonds is 1. The van der Waals surface area contributed by atoms with Crippen molar-refractivity contribution in [3.63, 3.8) is 0 Å². The van der Waals surface area contributed by atoms with E-state index in [-0.39, 0.29) is 11.6 Å². The number of nitrogens with zero attached hydrogens (tertiary/aromatic N) is 2. The summed E-state index contributed by atoms with van der Waals surface area (Å²) in [5.74, 6) is 1.53. The molecule has 3 fully saturated rings. The summed E-state index contributed by atoms with van der Waals surface area (Å²) in [6.07, 6.45) is 7.05. The minimum atomic E-state index is -0.527. The minimum absolute atomic E-state index is 0.195. The maximum absolute atomic E-state index is 13.6. The predicted octanol–water partition coefficient (Wildman–Crippen LogP) is 4.83. The highest BCUT2D eigenvalue weighted by molar-refractivity contribution is 6.62. The number of aromatic nitrogens is 1. The molecule has 2 saturated heterocycles. The Labute approximate surface area is 205 Å². The highest BCUT2D eigenvalue weighted by atomic mass is 16.7. The summed E-state index contributed by atoms with van der Waals surface area (Å²) >= 11 is 0. The van der Waals surface area contributed by atoms with Crippen molar-refractivity contribution >= 4 is 18.7 Å². The molecule has 3 heterocycles. The zero-order valence-electron chi connectivity index (χ0n) is 22.2. The van der Waals surface area contributed by atoms with Crippen LogP contribution < -0.4 is 5.46 Å². The molecular weight excluding hydrogens is 427 g/mol. The minimum Gasteiger partial charge on any atom is -0.444 e. The second kappa shape index (κ2) is 7.70. The third-order valence-electron chi connectivity index (χ3n) is 8.98. The van der Waals surface area contributed by atoms with Gasteiger partial charge in [0.05, 0.1) is 16.7 Å². The molecule has 0 aromatic carbocycles. The zero-order valence-corrected chi connectivity index (χ0v) is 22.2. The van der Waals surface area contributed by atoms with Gasteiger partial charge in [0.15, 0.2) is 0 Å². The lowest BCUT2D eigenvalue weighted by Gasteiger charge is -2.61. The van der Waals surface area contributed by atoms with Crippen LogP contribution in [0.2, 0.25) is 0 Å². The number of pyridine rings is 1. The molecule has 2 bridgehead atoms. The number of carbonyl (C=O) groups is 1. The molecule has 2 aliphatic heterocycles. The molecule has 0 unspecified atom stereocenters. The molecule has 4 atom stereocenters. The fourth-order valence-corrected chi connectivity index (χ4v) is 6.95. The third-order valence-corrected chi connectivity index (χ3v) is 8.98. The topological polar surface area (TPSA) is 60.9 Å². The highest BCUT2D eigenvalue weighted by Gasteiger charge is 2.60. The predicted molar refractivity (Wildman–Crippen MR) is 133 cm³/mol. The van der Waals surface area contributed by atoms with E-state index in [1.165, 1.54) is 12.0 Å². The van der Waals surface area contributed by atoms with Gasteiger partial charge in [-0.25, -0.2) is 4.79 Å². The second-order valence-electron chi connectivity index (χ2n) is 13.2. The van der Waals surface area contributed by atoms with Crippen LogP contribution in [0.15, 0.2) is 12.3 Å². The number of hydrogen-bond donors (Lipinski definition) is 0. The number of likely N-dealkylation sites (tertiary alicyclic amines) is 1. The Kier molecular flexibility index (Phi) is 5.46. The van der Waals surface area contributed by atoms with Crippen molar-refractivity contribution in [1.82, 2.24) is 9.88 Å². The fourth-order valence-electron chi connectivity index (χ4n) is 6.95. The van der Waals surface area contributed by atoms with Crippen LogP contribution in [-0.2, 0) is 26.0 Å². The second-order valence-corrected chi connectivity index (χ2v) is 13.2. The Morgan fingerprint density at radius 3 is 2.53 bits per heavy atom. The molecular formula is C27H41BN2O4. The number of hydrogen-bond acceptors (Lipinski definition) is 5. The smallest absolute Gasteiger partial charge is 0.444 e. The fraction of sp³-hybridized carbons (Fsp3) is 0.778. The van der Waals surface area contributed by atoms with Crippen LogP contribution in [0.5, 0.6) is 0 Å². The molecule has 0 radical (unpaired) electrons. The molecule has 1 amide bonds. The summed E-state index contributed by atoms with van der Waals surface area (Å²) in [4.78, 5) is 20.7. The van der Waals surface area contributed by atoms with Crippen LogP contribution in [0.4, 0.5) is 4.79 Å². The lowest BCUT2D eigenvalue weighted by atomic mass is 9.53. The summed E-state index contributed by atoms with van der Waals surface area (Å²) in [7, 11) is -0.463. The van der Waals surface area contributed by atoms with Crippen molar-refractivity contribution in [2.24, 2.45) is 17.8 Å². The number of amides is 1. The van der Waals surface area contributed by atoms with Gasteiger partial charge in [0.25, 0.3) is 0 Å². The zero-order chi connectivity index (χ0) is 24.7. The third kappa shape index (κ3) is 3.69. The van der Waals surface area contributed by atoms with Crippen LogP contribution in [0.25, 0.3) is 0 Å². The van der Waals surface area contributed by atoms with E-state index in [0.717, 1.165) is 43.4 Å². The quantitative estimate of drug-likeness (QED) is 0.553. The van der Waals surface area contributed by atoms with Crippen LogP contribution >= 0.6 is 0 Å². The number of carbonyl (C=O) groups excluding carboxylic acids is 1. The first-order valence-electron chi connectivity index (χ1n) is 13.1. The monoisotopic (exact) mass is 468 g/mol. The van der Waals surface area contributed by atoms with E-state index in [0.29, 0.717) is 17.8 Å². The summed E-state index contributed by atoms with van der Waals surface area (Å²) in [6.45, 7) is 17.2. The van der Waals surface area contributed by atoms with Crippen LogP contribution in [-0.4, -0.2) is 46.4 Å². The largest absolute Gasteiger partial charge is 0.496 e. The van der Waals surface area contributed by atoms with Gasteiger partial charge in [0.1, 0.15) is 5.60 Å². The first kappa shape index (κ1) is 24.1. The van der Waals surface area contributed by atoms with E-state index < -0.39 is 23.9 Å². The molecule has 186 valence electrons. The van der Waals surface area contributed by atoms with E-state index >= 15 is 0 Å². The van der Waals surface area contributed by atoms with Crippen LogP contribution in [0, 0.1) is 17.8 Å². The summed E-state index contributed by atoms with van der Waals surface area (Å²) < 4.78 is 18.7. The Morgan fingerprint density at radius 1 is 1.21 bits per heavy atom. The molecule has 5 rings (SSSR count). The summed E-state index contributed by atoms with van der Waals surface area (Å²) in [6, 6.07) is 2.24. The van der Waals surface area contributed by atoms with Crippen molar-refractivity contribution in [3.05, 3.63) is 23.5 Å². The van der Waals surface area contributed by atoms with E-state index in [9.17, 15) is 4.79 Å². The molecule has 1 aromatic heterocycles. The Hall–Kier alpha value is -1.60. The molecule has 0 spiro atoms. The normalized spacial score (nSPS) is 33.8. The van der Waals surface area contributed by atoms with E-state index in [2.05, 4.69) is 45.6 Å². The van der Waals surface area contributed by atoms with Crippen LogP contribution in [0.3, 0.4) is 0 Å². The molecule has 2 aliphatic carbocycles. The van der Waals surface area contributed by atoms with Gasteiger partial charge in [0.2, 0.25) is 0 Å². The average Bonchev–Trinajstić information content (AvgIpc) is 2.92. The highest BCUT2D eigenvalue weighted by Crippen LogP contribution is 2.58. The van der Waals surface area contributed by atoms with Crippen molar-refractivity contribution in [3.8, 4) is 0 Å². The van der Waals surface area contributed by atoms with Gasteiger partial charge in [-0.05, 0) is 104 Å². The maximum Gasteiger partial charge on any atom is 0.496 e. The van der Waals surface area contributed by atoms with Crippen molar-refractivity contribution in [1.29, 1.82) is 0 Å². The summed E-state index contributed by atoms with van der Waals surface area (Å²) in [5, 5.41) is 0. The van der Waals surface area contributed by atoms with Gasteiger partial charge in [-0.3, -0.25) is 9.88 Å². The maximum atomic E-state index is 13.6. The van der Waals surface area contributed by atoms with Crippen molar-refractivity contribution in [2.45, 2.75) is 110 Å². The first-order valence-corrected chi connectivity index (χ1v) is 13.1. The molecule has 6 nitrogen and oxygen atoms in total. The molecule has 4 aliphatic rings. The summed E-state index contributed by atoms with van der Waals surface area (Å²) in [5.41, 5.74) is 1.54. The average molecular weight is 468 g/mol. The molecule has 34 heavy (non-hydrogen) atoms. The number of piperidine rings is 1. The van der Waals surface area contributed by atoms with Gasteiger partial charge in [0, 0.05) is 23.9 Å². The van der Waals surface area contributed by atoms with Gasteiger partial charge < -0.3 is 14.0 Å². The SMILES string of the molecule is C[C@@H]1C[C@H]2Cc3ncc(B4OC(C)(C)C(C)(C)O4)cc3[C@@]3(C1)[C@@H]2CCCN3C(=O)OC(C)(C)C. The van der Waals surface area contributed by atoms with E-state index in [1.54, 1.807) is 0 Å². The molecule has 1 aromatic rings. The van der Waals surface area contributed by atoms with E-state index in [4.69, 9.17) is 19.0 Å². The Bertz CT molecular complexity index is 971. The van der Waals surface area contributed by atoms with Crippen molar-refractivity contribution in [2.75, 3.05) is 6.54 Å². The van der Waals surface area contributed by atoms with E-state index in [1.807, 2.05) is 27.0 Å². The molecule has 7 heteroatoms. The molecule has 1 saturated carbocycles.